The average Bonchev–Trinajstić information content (AvgIpc) is 3.13. The number of nitrogens with one attached hydrogen (secondary N) is 2. The minimum Gasteiger partial charge on any atom is -0.394 e. The Bertz CT molecular complexity index is 967. The average molecular weight is 476 g/mol. The highest BCUT2D eigenvalue weighted by Crippen LogP contribution is 2.40. The molecule has 0 bridgehead atoms. The standard InChI is InChI=1S/C25H34FN5O.ClH/c1-15-21(16(2)31-30-15)19-13-14-20(28-24(19)26)29-25(32)23(27)22(17-9-5-3-6-10-17)18-11-7-4-8-12-18;/h13-14,17-18H,3-12,27H2,1-2H3,(H,30,31)(H,28,29,32);1H. The summed E-state index contributed by atoms with van der Waals surface area (Å²) in [6.45, 7) is 3.66. The van der Waals surface area contributed by atoms with E-state index in [1.54, 1.807) is 12.1 Å². The fourth-order valence-corrected chi connectivity index (χ4v) is 5.55. The maximum atomic E-state index is 14.8. The van der Waals surface area contributed by atoms with Crippen molar-refractivity contribution in [3.05, 3.63) is 40.7 Å². The van der Waals surface area contributed by atoms with Crippen molar-refractivity contribution in [2.75, 3.05) is 5.32 Å². The smallest absolute Gasteiger partial charge is 0.272 e. The van der Waals surface area contributed by atoms with Crippen LogP contribution in [0.2, 0.25) is 0 Å². The third-order valence-corrected chi connectivity index (χ3v) is 7.13. The number of halogens is 2. The van der Waals surface area contributed by atoms with E-state index in [0.29, 0.717) is 34.4 Å². The molecule has 0 aliphatic heterocycles. The molecule has 180 valence electrons. The van der Waals surface area contributed by atoms with Crippen molar-refractivity contribution in [3.63, 3.8) is 0 Å². The number of rotatable bonds is 5. The number of carbonyl (C=O) groups excluding carboxylic acids is 1. The lowest BCUT2D eigenvalue weighted by Gasteiger charge is -2.33. The van der Waals surface area contributed by atoms with Gasteiger partial charge in [0.2, 0.25) is 5.95 Å². The minimum atomic E-state index is -0.641. The van der Waals surface area contributed by atoms with Gasteiger partial charge < -0.3 is 11.1 Å². The van der Waals surface area contributed by atoms with Gasteiger partial charge in [0.25, 0.3) is 5.91 Å². The van der Waals surface area contributed by atoms with Gasteiger partial charge in [0.05, 0.1) is 11.4 Å². The maximum absolute atomic E-state index is 14.8. The molecule has 2 aliphatic carbocycles. The Morgan fingerprint density at radius 2 is 1.61 bits per heavy atom. The number of hydrogen-bond donors (Lipinski definition) is 3. The predicted molar refractivity (Wildman–Crippen MR) is 131 cm³/mol. The number of pyridine rings is 1. The van der Waals surface area contributed by atoms with Crippen molar-refractivity contribution in [3.8, 4) is 11.1 Å². The van der Waals surface area contributed by atoms with E-state index in [1.807, 2.05) is 13.8 Å². The monoisotopic (exact) mass is 475 g/mol. The number of hydrogen-bond acceptors (Lipinski definition) is 4. The second-order valence-electron chi connectivity index (χ2n) is 9.34. The molecular formula is C25H35ClFN5O. The highest BCUT2D eigenvalue weighted by Gasteiger charge is 2.30. The Balaban J connectivity index is 0.00000306. The molecule has 2 aliphatic rings. The van der Waals surface area contributed by atoms with Crippen molar-refractivity contribution in [2.24, 2.45) is 17.6 Å². The lowest BCUT2D eigenvalue weighted by atomic mass is 9.73. The van der Waals surface area contributed by atoms with Crippen molar-refractivity contribution < 1.29 is 9.18 Å². The van der Waals surface area contributed by atoms with Crippen LogP contribution in [0.1, 0.15) is 75.6 Å². The number of anilines is 1. The Kier molecular flexibility index (Phi) is 8.51. The second-order valence-corrected chi connectivity index (χ2v) is 9.34. The highest BCUT2D eigenvalue weighted by atomic mass is 35.5. The quantitative estimate of drug-likeness (QED) is 0.367. The maximum Gasteiger partial charge on any atom is 0.272 e. The van der Waals surface area contributed by atoms with Crippen molar-refractivity contribution in [1.29, 1.82) is 0 Å². The van der Waals surface area contributed by atoms with E-state index < -0.39 is 5.95 Å². The first-order valence-electron chi connectivity index (χ1n) is 11.9. The minimum absolute atomic E-state index is 0. The number of H-pyrrole nitrogens is 1. The molecule has 6 nitrogen and oxygen atoms in total. The first-order chi connectivity index (χ1) is 15.5. The van der Waals surface area contributed by atoms with E-state index in [1.165, 1.54) is 38.5 Å². The van der Waals surface area contributed by atoms with Gasteiger partial charge in [-0.25, -0.2) is 4.98 Å². The summed E-state index contributed by atoms with van der Waals surface area (Å²) in [5.74, 6) is -0.0673. The van der Waals surface area contributed by atoms with Crippen LogP contribution in [0.25, 0.3) is 11.1 Å². The van der Waals surface area contributed by atoms with Gasteiger partial charge >= 0.3 is 0 Å². The largest absolute Gasteiger partial charge is 0.394 e. The molecule has 1 amide bonds. The molecule has 2 aromatic rings. The van der Waals surface area contributed by atoms with Crippen LogP contribution in [-0.2, 0) is 4.79 Å². The number of aromatic amines is 1. The molecule has 2 saturated carbocycles. The summed E-state index contributed by atoms with van der Waals surface area (Å²) in [4.78, 5) is 17.1. The molecule has 0 unspecified atom stereocenters. The van der Waals surface area contributed by atoms with E-state index in [-0.39, 0.29) is 24.1 Å². The number of amides is 1. The molecule has 0 atom stereocenters. The molecule has 4 N–H and O–H groups in total. The number of aromatic nitrogens is 3. The summed E-state index contributed by atoms with van der Waals surface area (Å²) >= 11 is 0. The third-order valence-electron chi connectivity index (χ3n) is 7.13. The topological polar surface area (TPSA) is 96.7 Å². The summed E-state index contributed by atoms with van der Waals surface area (Å²) in [6, 6.07) is 3.25. The molecule has 0 spiro atoms. The van der Waals surface area contributed by atoms with Gasteiger partial charge in [0, 0.05) is 16.8 Å². The summed E-state index contributed by atoms with van der Waals surface area (Å²) in [5, 5.41) is 9.73. The summed E-state index contributed by atoms with van der Waals surface area (Å²) in [6.07, 6.45) is 11.7. The normalized spacial score (nSPS) is 17.3. The van der Waals surface area contributed by atoms with E-state index >= 15 is 0 Å². The number of nitrogens with two attached hydrogens (primary N) is 1. The van der Waals surface area contributed by atoms with Gasteiger partial charge in [0.1, 0.15) is 5.82 Å². The fourth-order valence-electron chi connectivity index (χ4n) is 5.55. The van der Waals surface area contributed by atoms with E-state index in [9.17, 15) is 9.18 Å². The molecular weight excluding hydrogens is 441 g/mol. The van der Waals surface area contributed by atoms with Crippen molar-refractivity contribution in [2.45, 2.75) is 78.1 Å². The van der Waals surface area contributed by atoms with Gasteiger partial charge in [0.15, 0.2) is 0 Å². The van der Waals surface area contributed by atoms with Gasteiger partial charge in [-0.3, -0.25) is 9.89 Å². The van der Waals surface area contributed by atoms with Crippen LogP contribution >= 0.6 is 12.4 Å². The second kappa shape index (κ2) is 11.1. The zero-order valence-electron chi connectivity index (χ0n) is 19.5. The molecule has 2 heterocycles. The predicted octanol–water partition coefficient (Wildman–Crippen LogP) is 5.96. The van der Waals surface area contributed by atoms with Crippen LogP contribution in [0.3, 0.4) is 0 Å². The van der Waals surface area contributed by atoms with E-state index in [0.717, 1.165) is 37.0 Å². The fraction of sp³-hybridized carbons (Fsp3) is 0.560. The summed E-state index contributed by atoms with van der Waals surface area (Å²) < 4.78 is 14.8. The lowest BCUT2D eigenvalue weighted by molar-refractivity contribution is -0.113. The van der Waals surface area contributed by atoms with Crippen LogP contribution in [0.4, 0.5) is 10.2 Å². The molecule has 2 aromatic heterocycles. The first-order valence-corrected chi connectivity index (χ1v) is 11.9. The zero-order chi connectivity index (χ0) is 22.7. The molecule has 0 aromatic carbocycles. The molecule has 0 saturated heterocycles. The molecule has 0 radical (unpaired) electrons. The first kappa shape index (κ1) is 25.2. The van der Waals surface area contributed by atoms with Crippen LogP contribution < -0.4 is 11.1 Å². The Morgan fingerprint density at radius 1 is 1.03 bits per heavy atom. The van der Waals surface area contributed by atoms with Crippen LogP contribution in [0.15, 0.2) is 23.4 Å². The Morgan fingerprint density at radius 3 is 2.09 bits per heavy atom. The highest BCUT2D eigenvalue weighted by molar-refractivity contribution is 6.03. The molecule has 8 heteroatoms. The SMILES string of the molecule is Cc1n[nH]c(C)c1-c1ccc(NC(=O)C(N)=C(C2CCCCC2)C2CCCCC2)nc1F.Cl. The summed E-state index contributed by atoms with van der Waals surface area (Å²) in [5.41, 5.74) is 10.5. The van der Waals surface area contributed by atoms with Gasteiger partial charge in [-0.2, -0.15) is 9.49 Å². The zero-order valence-corrected chi connectivity index (χ0v) is 20.4. The van der Waals surface area contributed by atoms with E-state index in [4.69, 9.17) is 5.73 Å². The van der Waals surface area contributed by atoms with Crippen LogP contribution in [0.5, 0.6) is 0 Å². The molecule has 33 heavy (non-hydrogen) atoms. The Hall–Kier alpha value is -2.41. The third kappa shape index (κ3) is 5.57. The number of nitrogens with zero attached hydrogens (tertiary/aromatic N) is 2. The number of allylic oxidation sites excluding steroid dienone is 1. The van der Waals surface area contributed by atoms with Crippen molar-refractivity contribution in [1.82, 2.24) is 15.2 Å². The van der Waals surface area contributed by atoms with Gasteiger partial charge in [-0.05, 0) is 69.1 Å². The lowest BCUT2D eigenvalue weighted by Crippen LogP contribution is -2.29. The number of aryl methyl sites for hydroxylation is 2. The van der Waals surface area contributed by atoms with E-state index in [2.05, 4.69) is 20.5 Å². The van der Waals surface area contributed by atoms with Gasteiger partial charge in [-0.15, -0.1) is 12.4 Å². The molecule has 2 fully saturated rings. The van der Waals surface area contributed by atoms with Crippen molar-refractivity contribution >= 4 is 24.1 Å². The summed E-state index contributed by atoms with van der Waals surface area (Å²) in [7, 11) is 0. The van der Waals surface area contributed by atoms with Crippen LogP contribution in [0, 0.1) is 31.6 Å². The number of carbonyl (C=O) groups is 1. The van der Waals surface area contributed by atoms with Crippen LogP contribution in [-0.4, -0.2) is 21.1 Å². The molecule has 4 rings (SSSR count). The Labute approximate surface area is 201 Å². The van der Waals surface area contributed by atoms with Gasteiger partial charge in [-0.1, -0.05) is 38.5 Å².